The van der Waals surface area contributed by atoms with Gasteiger partial charge in [-0.1, -0.05) is 12.1 Å². The molecule has 0 bridgehead atoms. The second kappa shape index (κ2) is 7.28. The zero-order chi connectivity index (χ0) is 18.6. The summed E-state index contributed by atoms with van der Waals surface area (Å²) in [6.45, 7) is 0.677. The van der Waals surface area contributed by atoms with E-state index in [4.69, 9.17) is 4.74 Å². The van der Waals surface area contributed by atoms with Gasteiger partial charge in [-0.05, 0) is 30.2 Å². The fourth-order valence-electron chi connectivity index (χ4n) is 2.71. The maximum Gasteiger partial charge on any atom is 0.212 e. The van der Waals surface area contributed by atoms with Crippen molar-refractivity contribution in [3.05, 3.63) is 54.5 Å². The van der Waals surface area contributed by atoms with Gasteiger partial charge in [0.2, 0.25) is 5.88 Å². The molecule has 3 aromatic heterocycles. The monoisotopic (exact) mass is 362 g/mol. The van der Waals surface area contributed by atoms with Gasteiger partial charge in [0.05, 0.1) is 13.4 Å². The quantitative estimate of drug-likeness (QED) is 0.484. The van der Waals surface area contributed by atoms with Gasteiger partial charge in [-0.3, -0.25) is 0 Å². The van der Waals surface area contributed by atoms with Gasteiger partial charge in [-0.2, -0.15) is 0 Å². The highest BCUT2D eigenvalue weighted by atomic mass is 16.5. The summed E-state index contributed by atoms with van der Waals surface area (Å²) in [6.07, 6.45) is 4.06. The van der Waals surface area contributed by atoms with E-state index in [-0.39, 0.29) is 5.75 Å². The van der Waals surface area contributed by atoms with Gasteiger partial charge >= 0.3 is 0 Å². The highest BCUT2D eigenvalue weighted by Crippen LogP contribution is 2.23. The number of methoxy groups -OCH3 is 1. The molecule has 0 radical (unpaired) electrons. The highest BCUT2D eigenvalue weighted by Gasteiger charge is 2.12. The summed E-state index contributed by atoms with van der Waals surface area (Å²) in [5.74, 6) is 2.02. The van der Waals surface area contributed by atoms with E-state index in [2.05, 4.69) is 30.2 Å². The molecule has 0 aliphatic carbocycles. The summed E-state index contributed by atoms with van der Waals surface area (Å²) in [5.41, 5.74) is 3.24. The van der Waals surface area contributed by atoms with Crippen molar-refractivity contribution in [1.82, 2.24) is 24.9 Å². The number of nitrogens with zero attached hydrogens (tertiary/aromatic N) is 4. The first-order chi connectivity index (χ1) is 13.2. The zero-order valence-corrected chi connectivity index (χ0v) is 14.7. The number of phenolic OH excluding ortho intramolecular Hbond substituents is 1. The Bertz CT molecular complexity index is 1040. The number of hydrogen-bond donors (Lipinski definition) is 3. The standard InChI is InChI=1S/C19H18N6O2/c1-27-15-7-4-13(10-21-15)17-24-18(16-19(25-17)23-11-22-16)20-9-8-12-2-5-14(26)6-3-12/h2-7,10-11,26H,8-9H2,1H3,(H2,20,22,23,24,25). The molecule has 0 saturated carbocycles. The fourth-order valence-corrected chi connectivity index (χ4v) is 2.71. The molecule has 0 fully saturated rings. The minimum Gasteiger partial charge on any atom is -0.508 e. The van der Waals surface area contributed by atoms with Crippen molar-refractivity contribution >= 4 is 17.0 Å². The van der Waals surface area contributed by atoms with Crippen LogP contribution < -0.4 is 10.1 Å². The molecule has 0 saturated heterocycles. The van der Waals surface area contributed by atoms with Gasteiger partial charge in [0, 0.05) is 24.4 Å². The van der Waals surface area contributed by atoms with E-state index in [1.54, 1.807) is 37.8 Å². The number of phenols is 1. The van der Waals surface area contributed by atoms with Crippen LogP contribution in [0.3, 0.4) is 0 Å². The number of rotatable bonds is 6. The number of fused-ring (bicyclic) bond motifs is 1. The number of aromatic nitrogens is 5. The number of imidazole rings is 1. The maximum atomic E-state index is 9.37. The fraction of sp³-hybridized carbons (Fsp3) is 0.158. The van der Waals surface area contributed by atoms with Gasteiger partial charge in [-0.15, -0.1) is 0 Å². The van der Waals surface area contributed by atoms with Crippen molar-refractivity contribution in [1.29, 1.82) is 0 Å². The molecular weight excluding hydrogens is 344 g/mol. The first-order valence-corrected chi connectivity index (χ1v) is 8.46. The summed E-state index contributed by atoms with van der Waals surface area (Å²) < 4.78 is 5.09. The molecule has 0 unspecified atom stereocenters. The third-order valence-corrected chi connectivity index (χ3v) is 4.13. The van der Waals surface area contributed by atoms with Gasteiger partial charge < -0.3 is 20.1 Å². The molecule has 0 atom stereocenters. The third kappa shape index (κ3) is 3.64. The topological polar surface area (TPSA) is 109 Å². The number of nitrogens with one attached hydrogen (secondary N) is 2. The average Bonchev–Trinajstić information content (AvgIpc) is 3.18. The van der Waals surface area contributed by atoms with Crippen LogP contribution in [0.4, 0.5) is 5.82 Å². The summed E-state index contributed by atoms with van der Waals surface area (Å²) in [6, 6.07) is 10.8. The predicted molar refractivity (Wildman–Crippen MR) is 102 cm³/mol. The molecule has 0 amide bonds. The van der Waals surface area contributed by atoms with Crippen molar-refractivity contribution in [2.45, 2.75) is 6.42 Å². The van der Waals surface area contributed by atoms with Gasteiger partial charge in [0.25, 0.3) is 0 Å². The molecule has 0 aliphatic heterocycles. The van der Waals surface area contributed by atoms with Crippen LogP contribution in [0.15, 0.2) is 48.9 Å². The number of hydrogen-bond acceptors (Lipinski definition) is 7. The molecule has 3 N–H and O–H groups in total. The first-order valence-electron chi connectivity index (χ1n) is 8.46. The SMILES string of the molecule is COc1ccc(-c2nc(NCCc3ccc(O)cc3)c3[nH]cnc3n2)cn1. The van der Waals surface area contributed by atoms with E-state index in [0.717, 1.165) is 23.1 Å². The lowest BCUT2D eigenvalue weighted by molar-refractivity contribution is 0.398. The number of benzene rings is 1. The summed E-state index contributed by atoms with van der Waals surface area (Å²) >= 11 is 0. The molecule has 8 nitrogen and oxygen atoms in total. The van der Waals surface area contributed by atoms with Crippen LogP contribution in [0.2, 0.25) is 0 Å². The van der Waals surface area contributed by atoms with E-state index in [9.17, 15) is 5.11 Å². The van der Waals surface area contributed by atoms with Crippen LogP contribution in [0.25, 0.3) is 22.6 Å². The molecule has 3 heterocycles. The smallest absolute Gasteiger partial charge is 0.212 e. The number of aromatic hydroxyl groups is 1. The van der Waals surface area contributed by atoms with Gasteiger partial charge in [-0.25, -0.2) is 19.9 Å². The van der Waals surface area contributed by atoms with Crippen LogP contribution in [-0.4, -0.2) is 43.7 Å². The van der Waals surface area contributed by atoms with E-state index >= 15 is 0 Å². The Morgan fingerprint density at radius 2 is 1.93 bits per heavy atom. The molecule has 136 valence electrons. The van der Waals surface area contributed by atoms with Crippen LogP contribution in [0.1, 0.15) is 5.56 Å². The van der Waals surface area contributed by atoms with Crippen LogP contribution in [0, 0.1) is 0 Å². The van der Waals surface area contributed by atoms with Crippen molar-refractivity contribution in [3.8, 4) is 23.0 Å². The molecule has 0 aliphatic rings. The van der Waals surface area contributed by atoms with Crippen molar-refractivity contribution in [3.63, 3.8) is 0 Å². The summed E-state index contributed by atoms with van der Waals surface area (Å²) in [7, 11) is 1.57. The van der Waals surface area contributed by atoms with Crippen LogP contribution in [-0.2, 0) is 6.42 Å². The van der Waals surface area contributed by atoms with Crippen LogP contribution >= 0.6 is 0 Å². The molecule has 4 rings (SSSR count). The normalized spacial score (nSPS) is 10.9. The Kier molecular flexibility index (Phi) is 4.52. The number of ether oxygens (including phenoxy) is 1. The largest absolute Gasteiger partial charge is 0.508 e. The van der Waals surface area contributed by atoms with Crippen LogP contribution in [0.5, 0.6) is 11.6 Å². The second-order valence-corrected chi connectivity index (χ2v) is 5.93. The molecule has 27 heavy (non-hydrogen) atoms. The van der Waals surface area contributed by atoms with Gasteiger partial charge in [0.1, 0.15) is 11.3 Å². The number of H-pyrrole nitrogens is 1. The molecule has 8 heteroatoms. The number of aromatic amines is 1. The Morgan fingerprint density at radius 3 is 2.67 bits per heavy atom. The first kappa shape index (κ1) is 16.8. The lowest BCUT2D eigenvalue weighted by Crippen LogP contribution is -2.08. The summed E-state index contributed by atoms with van der Waals surface area (Å²) in [5, 5.41) is 12.7. The molecule has 0 spiro atoms. The summed E-state index contributed by atoms with van der Waals surface area (Å²) in [4.78, 5) is 20.7. The Morgan fingerprint density at radius 1 is 1.07 bits per heavy atom. The van der Waals surface area contributed by atoms with Crippen molar-refractivity contribution in [2.24, 2.45) is 0 Å². The maximum absolute atomic E-state index is 9.37. The highest BCUT2D eigenvalue weighted by molar-refractivity contribution is 5.84. The third-order valence-electron chi connectivity index (χ3n) is 4.13. The minimum atomic E-state index is 0.263. The lowest BCUT2D eigenvalue weighted by Gasteiger charge is -2.09. The van der Waals surface area contributed by atoms with Crippen molar-refractivity contribution < 1.29 is 9.84 Å². The van der Waals surface area contributed by atoms with Gasteiger partial charge in [0.15, 0.2) is 17.3 Å². The lowest BCUT2D eigenvalue weighted by atomic mass is 10.1. The second-order valence-electron chi connectivity index (χ2n) is 5.93. The Labute approximate surface area is 155 Å². The number of anilines is 1. The van der Waals surface area contributed by atoms with Crippen molar-refractivity contribution in [2.75, 3.05) is 19.0 Å². The van der Waals surface area contributed by atoms with E-state index in [0.29, 0.717) is 29.7 Å². The van der Waals surface area contributed by atoms with E-state index in [1.807, 2.05) is 18.2 Å². The van der Waals surface area contributed by atoms with E-state index < -0.39 is 0 Å². The zero-order valence-electron chi connectivity index (χ0n) is 14.7. The molecule has 4 aromatic rings. The van der Waals surface area contributed by atoms with E-state index in [1.165, 1.54) is 0 Å². The Balaban J connectivity index is 1.57. The number of pyridine rings is 1. The molecule has 1 aromatic carbocycles. The average molecular weight is 362 g/mol. The Hall–Kier alpha value is -3.68. The minimum absolute atomic E-state index is 0.263. The molecular formula is C19H18N6O2. The predicted octanol–water partition coefficient (Wildman–Crippen LogP) is 2.78.